The average Bonchev–Trinajstić information content (AvgIpc) is 2.92. The molecule has 6 heteroatoms. The van der Waals surface area contributed by atoms with Crippen molar-refractivity contribution in [3.63, 3.8) is 0 Å². The Bertz CT molecular complexity index is 586. The molecule has 3 heterocycles. The van der Waals surface area contributed by atoms with Crippen molar-refractivity contribution in [2.24, 2.45) is 0 Å². The van der Waals surface area contributed by atoms with Crippen LogP contribution in [-0.2, 0) is 6.54 Å². The number of hydrogen-bond acceptors (Lipinski definition) is 6. The van der Waals surface area contributed by atoms with Crippen LogP contribution in [0, 0.1) is 13.8 Å². The van der Waals surface area contributed by atoms with E-state index in [0.29, 0.717) is 24.4 Å². The van der Waals surface area contributed by atoms with Crippen LogP contribution >= 0.6 is 0 Å². The summed E-state index contributed by atoms with van der Waals surface area (Å²) < 4.78 is 11.3. The van der Waals surface area contributed by atoms with Crippen LogP contribution in [0.3, 0.4) is 0 Å². The van der Waals surface area contributed by atoms with E-state index in [4.69, 9.17) is 8.83 Å². The summed E-state index contributed by atoms with van der Waals surface area (Å²) >= 11 is 0. The van der Waals surface area contributed by atoms with Crippen molar-refractivity contribution >= 4 is 0 Å². The maximum absolute atomic E-state index is 5.77. The molecule has 1 aliphatic heterocycles. The van der Waals surface area contributed by atoms with Crippen molar-refractivity contribution in [2.75, 3.05) is 19.6 Å². The fourth-order valence-electron chi connectivity index (χ4n) is 2.47. The van der Waals surface area contributed by atoms with Gasteiger partial charge >= 0.3 is 0 Å². The quantitative estimate of drug-likeness (QED) is 0.897. The highest BCUT2D eigenvalue weighted by Gasteiger charge is 2.25. The largest absolute Gasteiger partial charge is 0.466 e. The molecule has 2 aromatic rings. The lowest BCUT2D eigenvalue weighted by Gasteiger charge is -2.36. The molecule has 0 unspecified atom stereocenters. The lowest BCUT2D eigenvalue weighted by atomic mass is 10.1. The van der Waals surface area contributed by atoms with E-state index >= 15 is 0 Å². The normalized spacial score (nSPS) is 15.8. The van der Waals surface area contributed by atoms with Gasteiger partial charge in [0.2, 0.25) is 5.89 Å². The Morgan fingerprint density at radius 1 is 1.30 bits per heavy atom. The molecular weight excluding hydrogens is 256 g/mol. The molecule has 1 fully saturated rings. The highest BCUT2D eigenvalue weighted by Crippen LogP contribution is 2.25. The van der Waals surface area contributed by atoms with Gasteiger partial charge in [-0.3, -0.25) is 4.90 Å². The summed E-state index contributed by atoms with van der Waals surface area (Å²) in [5.41, 5.74) is 0.884. The van der Waals surface area contributed by atoms with E-state index in [0.717, 1.165) is 36.7 Å². The molecule has 0 aliphatic carbocycles. The molecule has 0 spiro atoms. The fourth-order valence-corrected chi connectivity index (χ4v) is 2.47. The molecule has 1 N–H and O–H groups in total. The Hall–Kier alpha value is -1.66. The van der Waals surface area contributed by atoms with Crippen LogP contribution in [0.15, 0.2) is 14.9 Å². The van der Waals surface area contributed by atoms with Crippen molar-refractivity contribution in [3.8, 4) is 11.5 Å². The van der Waals surface area contributed by atoms with E-state index in [1.165, 1.54) is 0 Å². The first kappa shape index (κ1) is 13.3. The van der Waals surface area contributed by atoms with Crippen molar-refractivity contribution in [1.29, 1.82) is 0 Å². The molecule has 0 saturated carbocycles. The predicted octanol–water partition coefficient (Wildman–Crippen LogP) is 1.74. The average molecular weight is 276 g/mol. The van der Waals surface area contributed by atoms with Gasteiger partial charge in [0.25, 0.3) is 5.89 Å². The number of aryl methyl sites for hydroxylation is 2. The second kappa shape index (κ2) is 5.38. The van der Waals surface area contributed by atoms with Crippen LogP contribution in [0.2, 0.25) is 0 Å². The monoisotopic (exact) mass is 276 g/mol. The van der Waals surface area contributed by atoms with Crippen LogP contribution in [0.1, 0.15) is 24.3 Å². The third kappa shape index (κ3) is 2.48. The second-order valence-electron chi connectivity index (χ2n) is 5.20. The Morgan fingerprint density at radius 3 is 2.65 bits per heavy atom. The Balaban J connectivity index is 1.74. The molecule has 0 amide bonds. The zero-order chi connectivity index (χ0) is 14.1. The minimum Gasteiger partial charge on any atom is -0.466 e. The maximum Gasteiger partial charge on any atom is 0.251 e. The van der Waals surface area contributed by atoms with Crippen LogP contribution in [0.25, 0.3) is 11.5 Å². The number of likely N-dealkylation sites (N-methyl/N-ethyl adjacent to an activating group) is 1. The van der Waals surface area contributed by atoms with Crippen molar-refractivity contribution in [3.05, 3.63) is 23.5 Å². The molecule has 1 saturated heterocycles. The van der Waals surface area contributed by atoms with E-state index in [1.54, 1.807) is 0 Å². The smallest absolute Gasteiger partial charge is 0.251 e. The van der Waals surface area contributed by atoms with Gasteiger partial charge in [0, 0.05) is 19.1 Å². The van der Waals surface area contributed by atoms with Crippen LogP contribution < -0.4 is 5.32 Å². The Kier molecular flexibility index (Phi) is 3.58. The lowest BCUT2D eigenvalue weighted by Crippen LogP contribution is -2.56. The van der Waals surface area contributed by atoms with Gasteiger partial charge in [0.05, 0.1) is 12.1 Å². The van der Waals surface area contributed by atoms with Gasteiger partial charge in [-0.1, -0.05) is 6.92 Å². The number of aromatic nitrogens is 2. The first-order valence-corrected chi connectivity index (χ1v) is 7.02. The van der Waals surface area contributed by atoms with E-state index in [2.05, 4.69) is 27.3 Å². The number of nitrogens with zero attached hydrogens (tertiary/aromatic N) is 3. The topological polar surface area (TPSA) is 67.3 Å². The summed E-state index contributed by atoms with van der Waals surface area (Å²) in [7, 11) is 0. The van der Waals surface area contributed by atoms with Gasteiger partial charge in [-0.2, -0.15) is 0 Å². The Labute approximate surface area is 118 Å². The highest BCUT2D eigenvalue weighted by atomic mass is 16.4. The van der Waals surface area contributed by atoms with Crippen LogP contribution in [-0.4, -0.2) is 40.8 Å². The van der Waals surface area contributed by atoms with E-state index in [9.17, 15) is 0 Å². The van der Waals surface area contributed by atoms with Gasteiger partial charge in [0.1, 0.15) is 11.5 Å². The van der Waals surface area contributed by atoms with Crippen molar-refractivity contribution in [2.45, 2.75) is 33.4 Å². The third-order valence-corrected chi connectivity index (χ3v) is 3.76. The third-order valence-electron chi connectivity index (χ3n) is 3.76. The molecule has 1 aliphatic rings. The fraction of sp³-hybridized carbons (Fsp3) is 0.571. The van der Waals surface area contributed by atoms with Gasteiger partial charge in [-0.25, -0.2) is 0 Å². The molecule has 108 valence electrons. The molecule has 0 radical (unpaired) electrons. The molecule has 2 aromatic heterocycles. The van der Waals surface area contributed by atoms with E-state index < -0.39 is 0 Å². The first-order valence-electron chi connectivity index (χ1n) is 7.02. The number of rotatable bonds is 5. The molecular formula is C14H20N4O2. The Morgan fingerprint density at radius 2 is 2.10 bits per heavy atom. The minimum absolute atomic E-state index is 0.539. The molecule has 6 nitrogen and oxygen atoms in total. The van der Waals surface area contributed by atoms with Gasteiger partial charge in [-0.15, -0.1) is 10.2 Å². The molecule has 0 atom stereocenters. The van der Waals surface area contributed by atoms with Gasteiger partial charge in [-0.05, 0) is 26.5 Å². The van der Waals surface area contributed by atoms with Crippen molar-refractivity contribution < 1.29 is 8.83 Å². The zero-order valence-corrected chi connectivity index (χ0v) is 12.1. The number of hydrogen-bond donors (Lipinski definition) is 1. The second-order valence-corrected chi connectivity index (χ2v) is 5.20. The van der Waals surface area contributed by atoms with Gasteiger partial charge in [0.15, 0.2) is 0 Å². The summed E-state index contributed by atoms with van der Waals surface area (Å²) in [5, 5.41) is 11.6. The van der Waals surface area contributed by atoms with E-state index in [1.807, 2.05) is 19.9 Å². The summed E-state index contributed by atoms with van der Waals surface area (Å²) in [4.78, 5) is 2.35. The first-order chi connectivity index (χ1) is 9.67. The van der Waals surface area contributed by atoms with E-state index in [-0.39, 0.29) is 0 Å². The zero-order valence-electron chi connectivity index (χ0n) is 12.1. The summed E-state index contributed by atoms with van der Waals surface area (Å²) in [6, 6.07) is 2.51. The number of furan rings is 1. The van der Waals surface area contributed by atoms with Gasteiger partial charge < -0.3 is 14.2 Å². The van der Waals surface area contributed by atoms with Crippen LogP contribution in [0.5, 0.6) is 0 Å². The molecule has 3 rings (SSSR count). The van der Waals surface area contributed by atoms with Crippen molar-refractivity contribution in [1.82, 2.24) is 20.4 Å². The molecule has 20 heavy (non-hydrogen) atoms. The highest BCUT2D eigenvalue weighted by molar-refractivity contribution is 5.55. The SMILES string of the molecule is CCN(Cc1nnc(-c2cc(C)oc2C)o1)C1CNC1. The lowest BCUT2D eigenvalue weighted by molar-refractivity contribution is 0.133. The predicted molar refractivity (Wildman–Crippen MR) is 74.2 cm³/mol. The summed E-state index contributed by atoms with van der Waals surface area (Å²) in [5.74, 6) is 2.87. The summed E-state index contributed by atoms with van der Waals surface area (Å²) in [6.45, 7) is 9.73. The molecule has 0 aromatic carbocycles. The number of nitrogens with one attached hydrogen (secondary N) is 1. The standard InChI is InChI=1S/C14H20N4O2/c1-4-18(11-6-15-7-11)8-13-16-17-14(20-13)12-5-9(2)19-10(12)3/h5,11,15H,4,6-8H2,1-3H3. The minimum atomic E-state index is 0.539. The molecule has 0 bridgehead atoms. The van der Waals surface area contributed by atoms with Crippen LogP contribution in [0.4, 0.5) is 0 Å². The maximum atomic E-state index is 5.77. The summed E-state index contributed by atoms with van der Waals surface area (Å²) in [6.07, 6.45) is 0.